The molecule has 0 radical (unpaired) electrons. The van der Waals surface area contributed by atoms with Crippen LogP contribution in [0.3, 0.4) is 0 Å². The zero-order valence-corrected chi connectivity index (χ0v) is 45.8. The van der Waals surface area contributed by atoms with Crippen LogP contribution in [-0.4, -0.2) is 37.2 Å². The number of carbonyl (C=O) groups is 3. The van der Waals surface area contributed by atoms with Crippen LogP contribution in [0.4, 0.5) is 0 Å². The fourth-order valence-corrected chi connectivity index (χ4v) is 8.59. The highest BCUT2D eigenvalue weighted by Gasteiger charge is 2.19. The molecule has 0 bridgehead atoms. The molecule has 0 aromatic carbocycles. The largest absolute Gasteiger partial charge is 0.462 e. The molecule has 0 saturated heterocycles. The van der Waals surface area contributed by atoms with Gasteiger partial charge in [0.15, 0.2) is 6.10 Å². The number of unbranched alkanes of at least 4 members (excludes halogenated alkanes) is 33. The summed E-state index contributed by atoms with van der Waals surface area (Å²) in [5, 5.41) is 0. The van der Waals surface area contributed by atoms with Crippen LogP contribution >= 0.6 is 0 Å². The quantitative estimate of drug-likeness (QED) is 0.0262. The molecule has 0 saturated carbocycles. The number of allylic oxidation sites excluding steroid dienone is 10. The zero-order valence-electron chi connectivity index (χ0n) is 45.8. The Morgan fingerprint density at radius 3 is 0.884 bits per heavy atom. The molecule has 0 spiro atoms. The Bertz CT molecular complexity index is 1250. The van der Waals surface area contributed by atoms with Crippen molar-refractivity contribution in [3.63, 3.8) is 0 Å². The summed E-state index contributed by atoms with van der Waals surface area (Å²) >= 11 is 0. The second-order valence-electron chi connectivity index (χ2n) is 19.9. The zero-order chi connectivity index (χ0) is 50.0. The summed E-state index contributed by atoms with van der Waals surface area (Å²) in [6.07, 6.45) is 72.1. The predicted octanol–water partition coefficient (Wildman–Crippen LogP) is 20.0. The highest BCUT2D eigenvalue weighted by molar-refractivity contribution is 5.71. The van der Waals surface area contributed by atoms with Crippen molar-refractivity contribution in [3.8, 4) is 0 Å². The summed E-state index contributed by atoms with van der Waals surface area (Å²) in [5.74, 6) is -0.898. The Labute approximate surface area is 428 Å². The Morgan fingerprint density at radius 2 is 0.565 bits per heavy atom. The summed E-state index contributed by atoms with van der Waals surface area (Å²) in [6, 6.07) is 0. The summed E-state index contributed by atoms with van der Waals surface area (Å²) in [4.78, 5) is 38.2. The van der Waals surface area contributed by atoms with Gasteiger partial charge in [-0.25, -0.2) is 0 Å². The van der Waals surface area contributed by atoms with E-state index in [0.29, 0.717) is 19.3 Å². The van der Waals surface area contributed by atoms with Crippen LogP contribution in [0.1, 0.15) is 303 Å². The van der Waals surface area contributed by atoms with Gasteiger partial charge in [-0.05, 0) is 64.2 Å². The topological polar surface area (TPSA) is 78.9 Å². The molecule has 0 aromatic heterocycles. The fraction of sp³-hybridized carbons (Fsp3) is 0.794. The average Bonchev–Trinajstić information content (AvgIpc) is 3.35. The minimum atomic E-state index is -0.784. The van der Waals surface area contributed by atoms with E-state index in [1.54, 1.807) is 0 Å². The van der Waals surface area contributed by atoms with Crippen LogP contribution in [0.15, 0.2) is 60.8 Å². The molecule has 69 heavy (non-hydrogen) atoms. The van der Waals surface area contributed by atoms with E-state index in [4.69, 9.17) is 14.2 Å². The average molecular weight is 966 g/mol. The van der Waals surface area contributed by atoms with Crippen LogP contribution < -0.4 is 0 Å². The van der Waals surface area contributed by atoms with Gasteiger partial charge < -0.3 is 14.2 Å². The molecule has 0 fully saturated rings. The maximum absolute atomic E-state index is 12.8. The molecule has 400 valence electrons. The molecule has 6 nitrogen and oxygen atoms in total. The molecule has 0 heterocycles. The second-order valence-corrected chi connectivity index (χ2v) is 19.9. The summed E-state index contributed by atoms with van der Waals surface area (Å²) < 4.78 is 16.9. The lowest BCUT2D eigenvalue weighted by Crippen LogP contribution is -2.30. The highest BCUT2D eigenvalue weighted by Crippen LogP contribution is 2.17. The molecule has 0 amide bonds. The van der Waals surface area contributed by atoms with E-state index in [9.17, 15) is 14.4 Å². The molecule has 0 aliphatic carbocycles. The van der Waals surface area contributed by atoms with E-state index in [-0.39, 0.29) is 31.1 Å². The molecular formula is C63H112O6. The van der Waals surface area contributed by atoms with Gasteiger partial charge in [0.2, 0.25) is 0 Å². The van der Waals surface area contributed by atoms with Crippen LogP contribution in [0, 0.1) is 0 Å². The lowest BCUT2D eigenvalue weighted by Gasteiger charge is -2.18. The van der Waals surface area contributed by atoms with E-state index in [2.05, 4.69) is 81.5 Å². The molecule has 0 unspecified atom stereocenters. The Balaban J connectivity index is 4.36. The monoisotopic (exact) mass is 965 g/mol. The number of ether oxygens (including phenoxy) is 3. The van der Waals surface area contributed by atoms with Gasteiger partial charge in [-0.2, -0.15) is 0 Å². The van der Waals surface area contributed by atoms with Crippen LogP contribution in [0.5, 0.6) is 0 Å². The van der Waals surface area contributed by atoms with Gasteiger partial charge in [0.05, 0.1) is 0 Å². The Morgan fingerprint density at radius 1 is 0.304 bits per heavy atom. The van der Waals surface area contributed by atoms with Gasteiger partial charge in [0, 0.05) is 19.3 Å². The van der Waals surface area contributed by atoms with Crippen molar-refractivity contribution in [1.82, 2.24) is 0 Å². The number of hydrogen-bond donors (Lipinski definition) is 0. The third-order valence-electron chi connectivity index (χ3n) is 13.0. The first-order valence-electron chi connectivity index (χ1n) is 29.8. The molecule has 1 atom stereocenters. The maximum Gasteiger partial charge on any atom is 0.306 e. The standard InChI is InChI=1S/C63H112O6/c1-4-7-10-13-16-19-22-25-27-29-31-33-35-38-40-43-46-49-52-55-61(64)67-58-60(69-63(66)57-54-51-48-45-42-37-24-21-18-15-12-9-6-3)59-68-62(65)56-53-50-47-44-41-39-36-34-32-30-28-26-23-20-17-14-11-8-5-2/h7,10,16,19,25,27,31,33,38,40,60H,4-6,8-9,11-15,17-18,20-24,26,28-30,32,34-37,39,41-59H2,1-3H3/b10-7-,19-16-,27-25-,33-31-,40-38-/t60-/m1/s1. The van der Waals surface area contributed by atoms with Crippen LogP contribution in [0.25, 0.3) is 0 Å². The first-order chi connectivity index (χ1) is 34.0. The van der Waals surface area contributed by atoms with E-state index < -0.39 is 6.10 Å². The summed E-state index contributed by atoms with van der Waals surface area (Å²) in [7, 11) is 0. The molecule has 0 aromatic rings. The van der Waals surface area contributed by atoms with Crippen molar-refractivity contribution in [1.29, 1.82) is 0 Å². The maximum atomic E-state index is 12.8. The SMILES string of the molecule is CC/C=C\C/C=C\C/C=C\C/C=C\C/C=C\CCCCCC(=O)OC[C@H](COC(=O)CCCCCCCCCCCCCCCCCCCCC)OC(=O)CCCCCCCCCCCCCCC. The summed E-state index contributed by atoms with van der Waals surface area (Å²) in [5.41, 5.74) is 0. The Kier molecular flexibility index (Phi) is 55.3. The molecular weight excluding hydrogens is 853 g/mol. The van der Waals surface area contributed by atoms with Gasteiger partial charge in [-0.1, -0.05) is 281 Å². The van der Waals surface area contributed by atoms with Gasteiger partial charge in [0.25, 0.3) is 0 Å². The Hall–Kier alpha value is -2.89. The van der Waals surface area contributed by atoms with E-state index in [0.717, 1.165) is 96.3 Å². The van der Waals surface area contributed by atoms with Crippen molar-refractivity contribution in [2.45, 2.75) is 309 Å². The van der Waals surface area contributed by atoms with Crippen molar-refractivity contribution in [2.24, 2.45) is 0 Å². The molecule has 0 N–H and O–H groups in total. The van der Waals surface area contributed by atoms with Crippen molar-refractivity contribution >= 4 is 17.9 Å². The van der Waals surface area contributed by atoms with Crippen LogP contribution in [0.2, 0.25) is 0 Å². The van der Waals surface area contributed by atoms with Crippen molar-refractivity contribution < 1.29 is 28.6 Å². The number of carbonyl (C=O) groups excluding carboxylic acids is 3. The smallest absolute Gasteiger partial charge is 0.306 e. The van der Waals surface area contributed by atoms with Crippen LogP contribution in [-0.2, 0) is 28.6 Å². The molecule has 0 aliphatic heterocycles. The van der Waals surface area contributed by atoms with Crippen molar-refractivity contribution in [3.05, 3.63) is 60.8 Å². The first-order valence-corrected chi connectivity index (χ1v) is 29.8. The highest BCUT2D eigenvalue weighted by atomic mass is 16.6. The lowest BCUT2D eigenvalue weighted by molar-refractivity contribution is -0.167. The fourth-order valence-electron chi connectivity index (χ4n) is 8.59. The number of esters is 3. The molecule has 0 rings (SSSR count). The molecule has 6 heteroatoms. The third kappa shape index (κ3) is 55.9. The first kappa shape index (κ1) is 66.1. The number of hydrogen-bond acceptors (Lipinski definition) is 6. The molecule has 0 aliphatic rings. The van der Waals surface area contributed by atoms with Gasteiger partial charge >= 0.3 is 17.9 Å². The minimum absolute atomic E-state index is 0.0805. The minimum Gasteiger partial charge on any atom is -0.462 e. The normalized spacial score (nSPS) is 12.4. The van der Waals surface area contributed by atoms with Gasteiger partial charge in [0.1, 0.15) is 13.2 Å². The third-order valence-corrected chi connectivity index (χ3v) is 13.0. The summed E-state index contributed by atoms with van der Waals surface area (Å²) in [6.45, 7) is 6.54. The predicted molar refractivity (Wildman–Crippen MR) is 298 cm³/mol. The lowest BCUT2D eigenvalue weighted by atomic mass is 10.0. The van der Waals surface area contributed by atoms with E-state index >= 15 is 0 Å². The van der Waals surface area contributed by atoms with E-state index in [1.165, 1.54) is 167 Å². The second kappa shape index (κ2) is 57.7. The number of rotatable bonds is 54. The van der Waals surface area contributed by atoms with Gasteiger partial charge in [-0.15, -0.1) is 0 Å². The van der Waals surface area contributed by atoms with E-state index in [1.807, 2.05) is 0 Å². The van der Waals surface area contributed by atoms with Crippen molar-refractivity contribution in [2.75, 3.05) is 13.2 Å². The van der Waals surface area contributed by atoms with Gasteiger partial charge in [-0.3, -0.25) is 14.4 Å².